The van der Waals surface area contributed by atoms with Crippen molar-refractivity contribution in [3.63, 3.8) is 0 Å². The third-order valence-electron chi connectivity index (χ3n) is 5.80. The lowest BCUT2D eigenvalue weighted by atomic mass is 9.83. The summed E-state index contributed by atoms with van der Waals surface area (Å²) in [6.45, 7) is 2.45. The zero-order chi connectivity index (χ0) is 19.3. The normalized spacial score (nSPS) is 21.2. The Balaban J connectivity index is 1.37. The molecule has 1 aromatic carbocycles. The zero-order valence-corrected chi connectivity index (χ0v) is 16.0. The van der Waals surface area contributed by atoms with E-state index in [9.17, 15) is 4.79 Å². The Morgan fingerprint density at radius 3 is 2.96 bits per heavy atom. The molecule has 1 saturated heterocycles. The molecule has 0 saturated carbocycles. The fraction of sp³-hybridized carbons (Fsp3) is 0.350. The van der Waals surface area contributed by atoms with Crippen LogP contribution in [0.3, 0.4) is 0 Å². The lowest BCUT2D eigenvalue weighted by Gasteiger charge is -2.39. The van der Waals surface area contributed by atoms with Crippen molar-refractivity contribution in [2.45, 2.75) is 31.1 Å². The number of hydrogen-bond donors (Lipinski definition) is 1. The Morgan fingerprint density at radius 2 is 2.18 bits per heavy atom. The van der Waals surface area contributed by atoms with E-state index in [1.165, 1.54) is 0 Å². The van der Waals surface area contributed by atoms with Crippen molar-refractivity contribution in [3.05, 3.63) is 64.6 Å². The van der Waals surface area contributed by atoms with Gasteiger partial charge < -0.3 is 10.5 Å². The van der Waals surface area contributed by atoms with E-state index in [-0.39, 0.29) is 0 Å². The molecule has 1 fully saturated rings. The van der Waals surface area contributed by atoms with Crippen LogP contribution in [0.25, 0.3) is 5.65 Å². The van der Waals surface area contributed by atoms with E-state index in [0.717, 1.165) is 54.8 Å². The summed E-state index contributed by atoms with van der Waals surface area (Å²) in [6, 6.07) is 7.43. The van der Waals surface area contributed by atoms with Gasteiger partial charge in [-0.2, -0.15) is 5.10 Å². The van der Waals surface area contributed by atoms with Gasteiger partial charge in [-0.05, 0) is 42.2 Å². The van der Waals surface area contributed by atoms with Crippen molar-refractivity contribution in [3.8, 4) is 0 Å². The van der Waals surface area contributed by atoms with Crippen LogP contribution >= 0.6 is 11.6 Å². The second kappa shape index (κ2) is 6.55. The van der Waals surface area contributed by atoms with E-state index in [0.29, 0.717) is 5.02 Å². The number of halogens is 1. The third kappa shape index (κ3) is 2.78. The highest BCUT2D eigenvalue weighted by Gasteiger charge is 2.48. The van der Waals surface area contributed by atoms with Crippen molar-refractivity contribution in [2.24, 2.45) is 5.73 Å². The molecule has 5 rings (SSSR count). The van der Waals surface area contributed by atoms with Crippen LogP contribution in [0.2, 0.25) is 5.02 Å². The molecule has 2 N–H and O–H groups in total. The Hall–Kier alpha value is -2.48. The number of nitrogens with zero attached hydrogens (tertiary/aromatic N) is 4. The first kappa shape index (κ1) is 17.6. The molecule has 2 aromatic heterocycles. The lowest BCUT2D eigenvalue weighted by Crippen LogP contribution is -2.42. The number of carbonyl (C=O) groups excluding carboxylic acids is 1. The van der Waals surface area contributed by atoms with Crippen LogP contribution < -0.4 is 5.73 Å². The molecule has 144 valence electrons. The quantitative estimate of drug-likeness (QED) is 0.733. The number of piperidine rings is 1. The largest absolute Gasteiger partial charge is 0.367 e. The number of fused-ring (bicyclic) bond motifs is 3. The summed E-state index contributed by atoms with van der Waals surface area (Å²) < 4.78 is 8.03. The highest BCUT2D eigenvalue weighted by atomic mass is 35.5. The average Bonchev–Trinajstić information content (AvgIpc) is 3.24. The predicted molar refractivity (Wildman–Crippen MR) is 104 cm³/mol. The van der Waals surface area contributed by atoms with Crippen LogP contribution in [0.4, 0.5) is 0 Å². The van der Waals surface area contributed by atoms with E-state index in [4.69, 9.17) is 22.1 Å². The van der Waals surface area contributed by atoms with Crippen LogP contribution in [-0.4, -0.2) is 38.5 Å². The van der Waals surface area contributed by atoms with Crippen LogP contribution in [0, 0.1) is 0 Å². The van der Waals surface area contributed by atoms with Gasteiger partial charge in [0.25, 0.3) is 5.91 Å². The number of amides is 1. The van der Waals surface area contributed by atoms with E-state index in [1.54, 1.807) is 16.8 Å². The Labute approximate surface area is 167 Å². The van der Waals surface area contributed by atoms with E-state index >= 15 is 0 Å². The van der Waals surface area contributed by atoms with Crippen molar-refractivity contribution in [1.82, 2.24) is 19.5 Å². The molecule has 1 spiro atoms. The van der Waals surface area contributed by atoms with Gasteiger partial charge in [0.15, 0.2) is 11.8 Å². The number of nitrogens with two attached hydrogens (primary N) is 1. The minimum absolute atomic E-state index is 0.458. The molecule has 8 heteroatoms. The number of benzene rings is 1. The second-order valence-corrected chi connectivity index (χ2v) is 7.90. The molecule has 7 nitrogen and oxygen atoms in total. The molecule has 0 aliphatic carbocycles. The van der Waals surface area contributed by atoms with Gasteiger partial charge >= 0.3 is 0 Å². The second-order valence-electron chi connectivity index (χ2n) is 7.46. The summed E-state index contributed by atoms with van der Waals surface area (Å²) in [5.41, 5.74) is 8.91. The fourth-order valence-electron chi connectivity index (χ4n) is 4.40. The van der Waals surface area contributed by atoms with Gasteiger partial charge in [0, 0.05) is 42.6 Å². The molecule has 0 bridgehead atoms. The molecular weight excluding hydrogens is 378 g/mol. The van der Waals surface area contributed by atoms with Crippen molar-refractivity contribution >= 4 is 23.2 Å². The molecule has 4 heterocycles. The van der Waals surface area contributed by atoms with Crippen LogP contribution in [0.1, 0.15) is 35.6 Å². The minimum atomic E-state index is -0.706. The molecular formula is C20H20ClN5O2. The number of aromatic nitrogens is 3. The summed E-state index contributed by atoms with van der Waals surface area (Å²) in [7, 11) is 0. The number of rotatable bonds is 3. The molecule has 1 atom stereocenters. The predicted octanol–water partition coefficient (Wildman–Crippen LogP) is 2.43. The lowest BCUT2D eigenvalue weighted by molar-refractivity contribution is -0.148. The monoisotopic (exact) mass is 397 g/mol. The molecule has 28 heavy (non-hydrogen) atoms. The van der Waals surface area contributed by atoms with Crippen LogP contribution in [-0.2, 0) is 21.7 Å². The molecule has 1 unspecified atom stereocenters. The van der Waals surface area contributed by atoms with Crippen LogP contribution in [0.5, 0.6) is 0 Å². The number of primary amides is 1. The third-order valence-corrected chi connectivity index (χ3v) is 6.04. The van der Waals surface area contributed by atoms with E-state index in [1.807, 2.05) is 30.6 Å². The van der Waals surface area contributed by atoms with Crippen molar-refractivity contribution in [1.29, 1.82) is 0 Å². The van der Waals surface area contributed by atoms with Gasteiger partial charge in [-0.1, -0.05) is 17.7 Å². The summed E-state index contributed by atoms with van der Waals surface area (Å²) in [6.07, 6.45) is 6.39. The Bertz CT molecular complexity index is 1060. The van der Waals surface area contributed by atoms with Gasteiger partial charge in [-0.25, -0.2) is 9.50 Å². The first-order chi connectivity index (χ1) is 13.6. The highest BCUT2D eigenvalue weighted by molar-refractivity contribution is 6.30. The molecule has 0 radical (unpaired) electrons. The van der Waals surface area contributed by atoms with Crippen LogP contribution in [0.15, 0.2) is 42.9 Å². The van der Waals surface area contributed by atoms with Gasteiger partial charge in [0.1, 0.15) is 0 Å². The highest BCUT2D eigenvalue weighted by Crippen LogP contribution is 2.50. The SMILES string of the molecule is NC(=O)C1OC2(CCN(Cc3cnn4cccnc34)CC2)c2cc(Cl)ccc21. The van der Waals surface area contributed by atoms with Gasteiger partial charge in [0.05, 0.1) is 11.8 Å². The van der Waals surface area contributed by atoms with Gasteiger partial charge in [-0.3, -0.25) is 9.69 Å². The number of likely N-dealkylation sites (tertiary alicyclic amines) is 1. The van der Waals surface area contributed by atoms with E-state index < -0.39 is 17.6 Å². The Morgan fingerprint density at radius 1 is 1.36 bits per heavy atom. The van der Waals surface area contributed by atoms with Crippen molar-refractivity contribution in [2.75, 3.05) is 13.1 Å². The number of carbonyl (C=O) groups is 1. The first-order valence-electron chi connectivity index (χ1n) is 9.32. The molecule has 1 amide bonds. The smallest absolute Gasteiger partial charge is 0.251 e. The zero-order valence-electron chi connectivity index (χ0n) is 15.2. The number of ether oxygens (including phenoxy) is 1. The standard InChI is InChI=1S/C20H20ClN5O2/c21-14-2-3-15-16(10-14)20(28-17(15)18(22)27)4-8-25(9-5-20)12-13-11-24-26-7-1-6-23-19(13)26/h1-3,6-7,10-11,17H,4-5,8-9,12H2,(H2,22,27). The summed E-state index contributed by atoms with van der Waals surface area (Å²) >= 11 is 6.23. The maximum Gasteiger partial charge on any atom is 0.251 e. The molecule has 3 aromatic rings. The maximum absolute atomic E-state index is 11.9. The summed E-state index contributed by atoms with van der Waals surface area (Å²) in [5, 5.41) is 5.01. The average molecular weight is 398 g/mol. The van der Waals surface area contributed by atoms with Gasteiger partial charge in [-0.15, -0.1) is 0 Å². The minimum Gasteiger partial charge on any atom is -0.367 e. The fourth-order valence-corrected chi connectivity index (χ4v) is 4.58. The number of hydrogen-bond acceptors (Lipinski definition) is 5. The molecule has 2 aliphatic heterocycles. The maximum atomic E-state index is 11.9. The Kier molecular flexibility index (Phi) is 4.12. The summed E-state index contributed by atoms with van der Waals surface area (Å²) in [5.74, 6) is -0.458. The first-order valence-corrected chi connectivity index (χ1v) is 9.70. The topological polar surface area (TPSA) is 85.8 Å². The van der Waals surface area contributed by atoms with Gasteiger partial charge in [0.2, 0.25) is 0 Å². The van der Waals surface area contributed by atoms with E-state index in [2.05, 4.69) is 15.0 Å². The van der Waals surface area contributed by atoms with Crippen molar-refractivity contribution < 1.29 is 9.53 Å². The molecule has 2 aliphatic rings. The summed E-state index contributed by atoms with van der Waals surface area (Å²) in [4.78, 5) is 18.7.